The SMILES string of the molecule is CCC(C)(NC(=O)CNC)c1nccs1.Cl.Cl. The normalized spacial score (nSPS) is 12.9. The summed E-state index contributed by atoms with van der Waals surface area (Å²) in [4.78, 5) is 15.8. The van der Waals surface area contributed by atoms with Crippen molar-refractivity contribution in [3.05, 3.63) is 16.6 Å². The Labute approximate surface area is 118 Å². The third kappa shape index (κ3) is 5.21. The molecular formula is C10H19Cl2N3OS. The van der Waals surface area contributed by atoms with Crippen LogP contribution in [0.2, 0.25) is 0 Å². The molecule has 0 spiro atoms. The van der Waals surface area contributed by atoms with Crippen LogP contribution in [0.15, 0.2) is 11.6 Å². The van der Waals surface area contributed by atoms with Crippen molar-refractivity contribution in [1.82, 2.24) is 15.6 Å². The number of likely N-dealkylation sites (N-methyl/N-ethyl adjacent to an activating group) is 1. The molecule has 1 aromatic rings. The van der Waals surface area contributed by atoms with Crippen molar-refractivity contribution in [3.63, 3.8) is 0 Å². The van der Waals surface area contributed by atoms with Crippen LogP contribution in [0, 0.1) is 0 Å². The Kier molecular flexibility index (Phi) is 9.71. The van der Waals surface area contributed by atoms with Gasteiger partial charge in [0.15, 0.2) is 0 Å². The van der Waals surface area contributed by atoms with Crippen LogP contribution in [-0.4, -0.2) is 24.5 Å². The topological polar surface area (TPSA) is 54.0 Å². The van der Waals surface area contributed by atoms with Gasteiger partial charge >= 0.3 is 0 Å². The molecular weight excluding hydrogens is 281 g/mol. The average Bonchev–Trinajstić information content (AvgIpc) is 2.71. The lowest BCUT2D eigenvalue weighted by atomic mass is 10.00. The molecule has 1 atom stereocenters. The van der Waals surface area contributed by atoms with Crippen LogP contribution >= 0.6 is 36.2 Å². The van der Waals surface area contributed by atoms with Gasteiger partial charge in [0.1, 0.15) is 5.01 Å². The lowest BCUT2D eigenvalue weighted by Gasteiger charge is -2.27. The number of carbonyl (C=O) groups excluding carboxylic acids is 1. The zero-order valence-corrected chi connectivity index (χ0v) is 12.6. The number of rotatable bonds is 5. The fourth-order valence-electron chi connectivity index (χ4n) is 1.30. The number of aromatic nitrogens is 1. The van der Waals surface area contributed by atoms with E-state index in [-0.39, 0.29) is 36.3 Å². The predicted octanol–water partition coefficient (Wildman–Crippen LogP) is 1.95. The van der Waals surface area contributed by atoms with E-state index in [1.54, 1.807) is 24.6 Å². The number of nitrogens with one attached hydrogen (secondary N) is 2. The molecule has 0 aromatic carbocycles. The molecule has 1 amide bonds. The highest BCUT2D eigenvalue weighted by Gasteiger charge is 2.28. The van der Waals surface area contributed by atoms with Crippen LogP contribution in [0.3, 0.4) is 0 Å². The maximum Gasteiger partial charge on any atom is 0.234 e. The van der Waals surface area contributed by atoms with E-state index in [0.717, 1.165) is 11.4 Å². The predicted molar refractivity (Wildman–Crippen MR) is 76.3 cm³/mol. The molecule has 1 rings (SSSR count). The van der Waals surface area contributed by atoms with Crippen LogP contribution in [0.4, 0.5) is 0 Å². The fraction of sp³-hybridized carbons (Fsp3) is 0.600. The Morgan fingerprint density at radius 2 is 2.18 bits per heavy atom. The molecule has 2 N–H and O–H groups in total. The monoisotopic (exact) mass is 299 g/mol. The number of nitrogens with zero attached hydrogens (tertiary/aromatic N) is 1. The summed E-state index contributed by atoms with van der Waals surface area (Å²) in [5.41, 5.74) is -0.345. The van der Waals surface area contributed by atoms with E-state index < -0.39 is 0 Å². The molecule has 100 valence electrons. The first-order valence-electron chi connectivity index (χ1n) is 4.98. The highest BCUT2D eigenvalue weighted by atomic mass is 35.5. The second-order valence-electron chi connectivity index (χ2n) is 3.60. The second kappa shape index (κ2) is 8.69. The van der Waals surface area contributed by atoms with E-state index in [1.165, 1.54) is 0 Å². The van der Waals surface area contributed by atoms with Crippen LogP contribution in [0.25, 0.3) is 0 Å². The molecule has 0 fully saturated rings. The van der Waals surface area contributed by atoms with E-state index in [1.807, 2.05) is 19.2 Å². The van der Waals surface area contributed by atoms with Gasteiger partial charge in [0, 0.05) is 11.6 Å². The second-order valence-corrected chi connectivity index (χ2v) is 4.50. The van der Waals surface area contributed by atoms with Gasteiger partial charge in [-0.25, -0.2) is 4.98 Å². The van der Waals surface area contributed by atoms with Crippen molar-refractivity contribution in [1.29, 1.82) is 0 Å². The molecule has 1 aromatic heterocycles. The summed E-state index contributed by atoms with van der Waals surface area (Å²) in [5.74, 6) is -0.00273. The Hall–Kier alpha value is -0.360. The van der Waals surface area contributed by atoms with E-state index in [9.17, 15) is 4.79 Å². The van der Waals surface area contributed by atoms with Gasteiger partial charge in [-0.15, -0.1) is 36.2 Å². The molecule has 0 aliphatic heterocycles. The minimum atomic E-state index is -0.345. The molecule has 0 saturated heterocycles. The van der Waals surface area contributed by atoms with Crippen LogP contribution in [0.5, 0.6) is 0 Å². The maximum absolute atomic E-state index is 11.5. The molecule has 0 radical (unpaired) electrons. The van der Waals surface area contributed by atoms with E-state index in [0.29, 0.717) is 6.54 Å². The average molecular weight is 300 g/mol. The summed E-state index contributed by atoms with van der Waals surface area (Å²) < 4.78 is 0. The van der Waals surface area contributed by atoms with Gasteiger partial charge in [-0.3, -0.25) is 4.79 Å². The van der Waals surface area contributed by atoms with E-state index in [2.05, 4.69) is 15.6 Å². The molecule has 1 heterocycles. The zero-order chi connectivity index (χ0) is 11.3. The molecule has 7 heteroatoms. The highest BCUT2D eigenvalue weighted by Crippen LogP contribution is 2.25. The van der Waals surface area contributed by atoms with Crippen molar-refractivity contribution in [2.24, 2.45) is 0 Å². The fourth-order valence-corrected chi connectivity index (χ4v) is 2.13. The zero-order valence-electron chi connectivity index (χ0n) is 10.1. The minimum absolute atomic E-state index is 0. The first-order chi connectivity index (χ1) is 7.12. The van der Waals surface area contributed by atoms with Gasteiger partial charge in [-0.2, -0.15) is 0 Å². The number of amides is 1. The molecule has 0 bridgehead atoms. The largest absolute Gasteiger partial charge is 0.343 e. The lowest BCUT2D eigenvalue weighted by molar-refractivity contribution is -0.122. The molecule has 0 saturated carbocycles. The quantitative estimate of drug-likeness (QED) is 0.874. The van der Waals surface area contributed by atoms with Gasteiger partial charge in [0.2, 0.25) is 5.91 Å². The standard InChI is InChI=1S/C10H17N3OS.2ClH/c1-4-10(2,9-12-5-6-15-9)13-8(14)7-11-3;;/h5-6,11H,4,7H2,1-3H3,(H,13,14);2*1H. The summed E-state index contributed by atoms with van der Waals surface area (Å²) in [7, 11) is 1.76. The summed E-state index contributed by atoms with van der Waals surface area (Å²) in [6.45, 7) is 4.38. The number of carbonyl (C=O) groups is 1. The number of halogens is 2. The van der Waals surface area contributed by atoms with Gasteiger partial charge in [0.05, 0.1) is 12.1 Å². The van der Waals surface area contributed by atoms with Crippen molar-refractivity contribution >= 4 is 42.1 Å². The van der Waals surface area contributed by atoms with Gasteiger partial charge in [-0.1, -0.05) is 6.92 Å². The van der Waals surface area contributed by atoms with Crippen LogP contribution in [0.1, 0.15) is 25.3 Å². The van der Waals surface area contributed by atoms with E-state index >= 15 is 0 Å². The summed E-state index contributed by atoms with van der Waals surface area (Å²) >= 11 is 1.57. The molecule has 0 aliphatic carbocycles. The first-order valence-corrected chi connectivity index (χ1v) is 5.86. The van der Waals surface area contributed by atoms with Gasteiger partial charge < -0.3 is 10.6 Å². The molecule has 1 unspecified atom stereocenters. The van der Waals surface area contributed by atoms with Crippen molar-refractivity contribution in [2.75, 3.05) is 13.6 Å². The van der Waals surface area contributed by atoms with Gasteiger partial charge in [-0.05, 0) is 20.4 Å². The molecule has 0 aliphatic rings. The maximum atomic E-state index is 11.5. The summed E-state index contributed by atoms with van der Waals surface area (Å²) in [5, 5.41) is 8.70. The van der Waals surface area contributed by atoms with Crippen LogP contribution < -0.4 is 10.6 Å². The Balaban J connectivity index is 0. The number of hydrogen-bond acceptors (Lipinski definition) is 4. The first kappa shape index (κ1) is 19.0. The van der Waals surface area contributed by atoms with Crippen molar-refractivity contribution < 1.29 is 4.79 Å². The van der Waals surface area contributed by atoms with Crippen LogP contribution in [-0.2, 0) is 10.3 Å². The summed E-state index contributed by atoms with van der Waals surface area (Å²) in [6, 6.07) is 0. The number of hydrogen-bond donors (Lipinski definition) is 2. The van der Waals surface area contributed by atoms with Crippen molar-refractivity contribution in [3.8, 4) is 0 Å². The Bertz CT molecular complexity index is 321. The number of thiazole rings is 1. The lowest BCUT2D eigenvalue weighted by Crippen LogP contribution is -2.46. The van der Waals surface area contributed by atoms with Crippen molar-refractivity contribution in [2.45, 2.75) is 25.8 Å². The highest BCUT2D eigenvalue weighted by molar-refractivity contribution is 7.09. The van der Waals surface area contributed by atoms with E-state index in [4.69, 9.17) is 0 Å². The molecule has 17 heavy (non-hydrogen) atoms. The Morgan fingerprint density at radius 3 is 2.59 bits per heavy atom. The summed E-state index contributed by atoms with van der Waals surface area (Å²) in [6.07, 6.45) is 2.59. The van der Waals surface area contributed by atoms with Gasteiger partial charge in [0.25, 0.3) is 0 Å². The smallest absolute Gasteiger partial charge is 0.234 e. The minimum Gasteiger partial charge on any atom is -0.343 e. The third-order valence-electron chi connectivity index (χ3n) is 2.36. The Morgan fingerprint density at radius 1 is 1.53 bits per heavy atom. The molecule has 4 nitrogen and oxygen atoms in total. The third-order valence-corrected chi connectivity index (χ3v) is 3.40.